The molecule has 1 heterocycles. The smallest absolute Gasteiger partial charge is 0.242 e. The first-order valence-corrected chi connectivity index (χ1v) is 8.46. The van der Waals surface area contributed by atoms with Crippen molar-refractivity contribution < 1.29 is 19.1 Å². The zero-order chi connectivity index (χ0) is 18.1. The van der Waals surface area contributed by atoms with Crippen molar-refractivity contribution in [2.75, 3.05) is 28.3 Å². The van der Waals surface area contributed by atoms with Gasteiger partial charge >= 0.3 is 0 Å². The highest BCUT2D eigenvalue weighted by Gasteiger charge is 2.41. The molecule has 1 aromatic rings. The van der Waals surface area contributed by atoms with E-state index in [1.165, 1.54) is 0 Å². The van der Waals surface area contributed by atoms with Gasteiger partial charge in [0.05, 0.1) is 14.2 Å². The Morgan fingerprint density at radius 2 is 1.88 bits per heavy atom. The number of Topliss-reactive ketones (excluding diaryl/α,β-unsaturated/α-hetero) is 1. The molecule has 0 bridgehead atoms. The van der Waals surface area contributed by atoms with Gasteiger partial charge in [0.1, 0.15) is 11.5 Å². The average molecular weight is 344 g/mol. The number of methoxy groups -OCH3 is 2. The lowest BCUT2D eigenvalue weighted by Gasteiger charge is -2.41. The lowest BCUT2D eigenvalue weighted by molar-refractivity contribution is -0.143. The summed E-state index contributed by atoms with van der Waals surface area (Å²) in [4.78, 5) is 25.6. The lowest BCUT2D eigenvalue weighted by Crippen LogP contribution is -2.47. The summed E-state index contributed by atoms with van der Waals surface area (Å²) in [6.45, 7) is 0. The Balaban J connectivity index is 2.18. The molecule has 25 heavy (non-hydrogen) atoms. The molecule has 0 N–H and O–H groups in total. The van der Waals surface area contributed by atoms with E-state index in [2.05, 4.69) is 0 Å². The van der Waals surface area contributed by atoms with Gasteiger partial charge in [-0.1, -0.05) is 0 Å². The van der Waals surface area contributed by atoms with Crippen LogP contribution in [0.4, 0.5) is 0 Å². The first kappa shape index (κ1) is 17.5. The molecular formula is C19H24N2O4. The molecule has 0 saturated carbocycles. The van der Waals surface area contributed by atoms with Crippen molar-refractivity contribution in [3.05, 3.63) is 35.0 Å². The monoisotopic (exact) mass is 344 g/mol. The van der Waals surface area contributed by atoms with Crippen LogP contribution in [0.1, 0.15) is 37.2 Å². The van der Waals surface area contributed by atoms with Crippen molar-refractivity contribution in [1.82, 2.24) is 10.0 Å². The van der Waals surface area contributed by atoms with E-state index in [-0.39, 0.29) is 24.0 Å². The number of hydrazine groups is 1. The van der Waals surface area contributed by atoms with E-state index in [9.17, 15) is 9.59 Å². The summed E-state index contributed by atoms with van der Waals surface area (Å²) in [6, 6.07) is 5.51. The number of ether oxygens (including phenoxy) is 2. The molecule has 0 aromatic heterocycles. The van der Waals surface area contributed by atoms with E-state index < -0.39 is 0 Å². The van der Waals surface area contributed by atoms with Crippen LogP contribution in [0.15, 0.2) is 29.5 Å². The molecule has 1 atom stereocenters. The number of ketones is 1. The first-order chi connectivity index (χ1) is 12.0. The van der Waals surface area contributed by atoms with Crippen LogP contribution < -0.4 is 9.47 Å². The third-order valence-electron chi connectivity index (χ3n) is 4.86. The predicted molar refractivity (Wildman–Crippen MR) is 93.3 cm³/mol. The summed E-state index contributed by atoms with van der Waals surface area (Å²) in [7, 11) is 6.85. The van der Waals surface area contributed by atoms with Gasteiger partial charge in [-0.3, -0.25) is 9.59 Å². The molecule has 0 unspecified atom stereocenters. The van der Waals surface area contributed by atoms with Gasteiger partial charge in [0.15, 0.2) is 5.78 Å². The van der Waals surface area contributed by atoms with Crippen molar-refractivity contribution in [3.63, 3.8) is 0 Å². The van der Waals surface area contributed by atoms with E-state index in [4.69, 9.17) is 9.47 Å². The summed E-state index contributed by atoms with van der Waals surface area (Å²) in [6.07, 6.45) is 2.27. The third kappa shape index (κ3) is 3.02. The van der Waals surface area contributed by atoms with Crippen molar-refractivity contribution in [2.24, 2.45) is 0 Å². The second kappa shape index (κ2) is 6.88. The SMILES string of the molecule is COc1ccc(OC)c([C@H]2CC(=O)N(N(C)C)C3=C2C(=O)CCC3)c1. The van der Waals surface area contributed by atoms with Crippen LogP contribution in [0.25, 0.3) is 0 Å². The highest BCUT2D eigenvalue weighted by molar-refractivity contribution is 6.01. The Morgan fingerprint density at radius 3 is 2.52 bits per heavy atom. The van der Waals surface area contributed by atoms with Gasteiger partial charge in [0, 0.05) is 49.7 Å². The summed E-state index contributed by atoms with van der Waals surface area (Å²) >= 11 is 0. The molecule has 1 aliphatic heterocycles. The molecule has 0 radical (unpaired) electrons. The second-order valence-electron chi connectivity index (χ2n) is 6.55. The zero-order valence-corrected chi connectivity index (χ0v) is 15.2. The molecule has 134 valence electrons. The van der Waals surface area contributed by atoms with Gasteiger partial charge in [0.2, 0.25) is 5.91 Å². The fourth-order valence-electron chi connectivity index (χ4n) is 3.82. The third-order valence-corrected chi connectivity index (χ3v) is 4.86. The Morgan fingerprint density at radius 1 is 1.12 bits per heavy atom. The molecule has 6 nitrogen and oxygen atoms in total. The van der Waals surface area contributed by atoms with Crippen molar-refractivity contribution in [1.29, 1.82) is 0 Å². The topological polar surface area (TPSA) is 59.1 Å². The number of allylic oxidation sites excluding steroid dienone is 2. The van der Waals surface area contributed by atoms with Crippen LogP contribution in [0.2, 0.25) is 0 Å². The molecule has 0 saturated heterocycles. The molecule has 3 rings (SSSR count). The number of hydrogen-bond acceptors (Lipinski definition) is 5. The second-order valence-corrected chi connectivity index (χ2v) is 6.55. The lowest BCUT2D eigenvalue weighted by atomic mass is 9.77. The molecule has 0 fully saturated rings. The largest absolute Gasteiger partial charge is 0.497 e. The number of benzene rings is 1. The molecule has 1 amide bonds. The van der Waals surface area contributed by atoms with Gasteiger partial charge in [-0.05, 0) is 31.0 Å². The maximum atomic E-state index is 12.8. The highest BCUT2D eigenvalue weighted by atomic mass is 16.5. The van der Waals surface area contributed by atoms with Crippen LogP contribution in [-0.2, 0) is 9.59 Å². The number of amides is 1. The maximum absolute atomic E-state index is 12.8. The van der Waals surface area contributed by atoms with Gasteiger partial charge < -0.3 is 9.47 Å². The van der Waals surface area contributed by atoms with Crippen LogP contribution in [0.5, 0.6) is 11.5 Å². The summed E-state index contributed by atoms with van der Waals surface area (Å²) < 4.78 is 10.8. The quantitative estimate of drug-likeness (QED) is 0.840. The Hall–Kier alpha value is -2.34. The first-order valence-electron chi connectivity index (χ1n) is 8.46. The molecule has 6 heteroatoms. The van der Waals surface area contributed by atoms with Crippen LogP contribution in [0, 0.1) is 0 Å². The van der Waals surface area contributed by atoms with Gasteiger partial charge in [0.25, 0.3) is 0 Å². The van der Waals surface area contributed by atoms with E-state index in [0.717, 1.165) is 29.7 Å². The maximum Gasteiger partial charge on any atom is 0.242 e. The number of rotatable bonds is 4. The summed E-state index contributed by atoms with van der Waals surface area (Å²) in [5, 5.41) is 3.41. The predicted octanol–water partition coefficient (Wildman–Crippen LogP) is 2.50. The number of carbonyl (C=O) groups is 2. The van der Waals surface area contributed by atoms with Gasteiger partial charge in [-0.25, -0.2) is 10.0 Å². The Bertz CT molecular complexity index is 739. The standard InChI is InChI=1S/C19H24N2O4/c1-20(2)21-15-6-5-7-16(22)19(15)14(11-18(21)23)13-10-12(24-3)8-9-17(13)25-4/h8-10,14H,5-7,11H2,1-4H3/t14-/m1/s1. The van der Waals surface area contributed by atoms with Crippen LogP contribution in [0.3, 0.4) is 0 Å². The fourth-order valence-corrected chi connectivity index (χ4v) is 3.82. The van der Waals surface area contributed by atoms with E-state index in [0.29, 0.717) is 17.9 Å². The minimum absolute atomic E-state index is 0.00618. The van der Waals surface area contributed by atoms with Crippen LogP contribution >= 0.6 is 0 Å². The number of hydrogen-bond donors (Lipinski definition) is 0. The van der Waals surface area contributed by atoms with Crippen molar-refractivity contribution in [2.45, 2.75) is 31.6 Å². The molecule has 1 aliphatic carbocycles. The number of nitrogens with zero attached hydrogens (tertiary/aromatic N) is 2. The fraction of sp³-hybridized carbons (Fsp3) is 0.474. The van der Waals surface area contributed by atoms with Crippen molar-refractivity contribution >= 4 is 11.7 Å². The van der Waals surface area contributed by atoms with Crippen LogP contribution in [-0.4, -0.2) is 50.0 Å². The summed E-state index contributed by atoms with van der Waals surface area (Å²) in [5.41, 5.74) is 2.40. The van der Waals surface area contributed by atoms with Crippen molar-refractivity contribution in [3.8, 4) is 11.5 Å². The summed E-state index contributed by atoms with van der Waals surface area (Å²) in [5.74, 6) is 1.17. The Labute approximate surface area is 148 Å². The minimum atomic E-state index is -0.295. The van der Waals surface area contributed by atoms with Gasteiger partial charge in [-0.15, -0.1) is 0 Å². The normalized spacial score (nSPS) is 20.8. The van der Waals surface area contributed by atoms with E-state index >= 15 is 0 Å². The highest BCUT2D eigenvalue weighted by Crippen LogP contribution is 2.45. The molecule has 2 aliphatic rings. The molecule has 0 spiro atoms. The minimum Gasteiger partial charge on any atom is -0.497 e. The van der Waals surface area contributed by atoms with Gasteiger partial charge in [-0.2, -0.15) is 0 Å². The average Bonchev–Trinajstić information content (AvgIpc) is 2.60. The van der Waals surface area contributed by atoms with E-state index in [1.807, 2.05) is 32.3 Å². The van der Waals surface area contributed by atoms with E-state index in [1.54, 1.807) is 24.2 Å². The molecule has 1 aromatic carbocycles. The Kier molecular flexibility index (Phi) is 4.81. The number of carbonyl (C=O) groups excluding carboxylic acids is 2. The molecular weight excluding hydrogens is 320 g/mol. The zero-order valence-electron chi connectivity index (χ0n) is 15.2.